The summed E-state index contributed by atoms with van der Waals surface area (Å²) < 4.78 is 0.900. The van der Waals surface area contributed by atoms with Crippen LogP contribution in [0.2, 0.25) is 0 Å². The van der Waals surface area contributed by atoms with Crippen LogP contribution in [0.25, 0.3) is 0 Å². The number of hydrogen-bond acceptors (Lipinski definition) is 5. The molecule has 0 saturated heterocycles. The van der Waals surface area contributed by atoms with Gasteiger partial charge in [-0.05, 0) is 55.3 Å². The molecule has 0 aliphatic heterocycles. The standard InChI is InChI=1S/C17H15N3OS2/c1-11-4-3-5-15(12(11)2)16(21)19-13-6-8-14(9-7-13)23-17-20-18-10-22-17/h3-10H,1-2H3,(H,19,21). The lowest BCUT2D eigenvalue weighted by Crippen LogP contribution is -2.13. The summed E-state index contributed by atoms with van der Waals surface area (Å²) in [6.07, 6.45) is 0. The highest BCUT2D eigenvalue weighted by molar-refractivity contribution is 8.01. The van der Waals surface area contributed by atoms with Gasteiger partial charge in [-0.25, -0.2) is 0 Å². The predicted molar refractivity (Wildman–Crippen MR) is 94.3 cm³/mol. The molecule has 0 atom stereocenters. The Labute approximate surface area is 143 Å². The molecular weight excluding hydrogens is 326 g/mol. The van der Waals surface area contributed by atoms with Crippen LogP contribution in [0.3, 0.4) is 0 Å². The molecule has 116 valence electrons. The zero-order chi connectivity index (χ0) is 16.2. The van der Waals surface area contributed by atoms with Crippen LogP contribution in [0.15, 0.2) is 57.2 Å². The molecule has 6 heteroatoms. The summed E-state index contributed by atoms with van der Waals surface area (Å²) in [5.74, 6) is -0.0873. The van der Waals surface area contributed by atoms with Gasteiger partial charge in [0.1, 0.15) is 5.51 Å². The highest BCUT2D eigenvalue weighted by Gasteiger charge is 2.10. The Hall–Kier alpha value is -2.18. The maximum atomic E-state index is 12.4. The third-order valence-corrected chi connectivity index (χ3v) is 5.29. The van der Waals surface area contributed by atoms with Crippen molar-refractivity contribution >= 4 is 34.7 Å². The van der Waals surface area contributed by atoms with E-state index >= 15 is 0 Å². The number of nitrogens with zero attached hydrogens (tertiary/aromatic N) is 2. The second-order valence-corrected chi connectivity index (χ2v) is 7.19. The fourth-order valence-corrected chi connectivity index (χ4v) is 3.56. The summed E-state index contributed by atoms with van der Waals surface area (Å²) >= 11 is 3.06. The molecule has 0 aliphatic carbocycles. The Morgan fingerprint density at radius 2 is 1.91 bits per heavy atom. The van der Waals surface area contributed by atoms with Crippen molar-refractivity contribution in [3.8, 4) is 0 Å². The highest BCUT2D eigenvalue weighted by atomic mass is 32.2. The van der Waals surface area contributed by atoms with E-state index in [4.69, 9.17) is 0 Å². The largest absolute Gasteiger partial charge is 0.322 e. The molecule has 1 aromatic heterocycles. The Bertz CT molecular complexity index is 814. The first-order chi connectivity index (χ1) is 11.1. The van der Waals surface area contributed by atoms with E-state index in [1.54, 1.807) is 17.3 Å². The van der Waals surface area contributed by atoms with Gasteiger partial charge in [0.15, 0.2) is 4.34 Å². The average Bonchev–Trinajstić information content (AvgIpc) is 3.05. The van der Waals surface area contributed by atoms with E-state index < -0.39 is 0 Å². The summed E-state index contributed by atoms with van der Waals surface area (Å²) in [6, 6.07) is 13.5. The Balaban J connectivity index is 1.70. The average molecular weight is 341 g/mol. The molecule has 0 saturated carbocycles. The molecule has 1 amide bonds. The van der Waals surface area contributed by atoms with Gasteiger partial charge in [0.2, 0.25) is 0 Å². The van der Waals surface area contributed by atoms with Crippen LogP contribution >= 0.6 is 23.1 Å². The smallest absolute Gasteiger partial charge is 0.255 e. The molecule has 3 rings (SSSR count). The molecular formula is C17H15N3OS2. The van der Waals surface area contributed by atoms with Gasteiger partial charge in [0.05, 0.1) is 0 Å². The Morgan fingerprint density at radius 1 is 1.13 bits per heavy atom. The highest BCUT2D eigenvalue weighted by Crippen LogP contribution is 2.29. The summed E-state index contributed by atoms with van der Waals surface area (Å²) in [4.78, 5) is 13.5. The molecule has 0 spiro atoms. The summed E-state index contributed by atoms with van der Waals surface area (Å²) in [7, 11) is 0. The second kappa shape index (κ2) is 6.93. The molecule has 1 heterocycles. The zero-order valence-corrected chi connectivity index (χ0v) is 14.4. The predicted octanol–water partition coefficient (Wildman–Crippen LogP) is 4.56. The molecule has 0 aliphatic rings. The lowest BCUT2D eigenvalue weighted by molar-refractivity contribution is 0.102. The summed E-state index contributed by atoms with van der Waals surface area (Å²) in [5.41, 5.74) is 5.31. The number of amides is 1. The molecule has 0 bridgehead atoms. The molecule has 2 aromatic carbocycles. The third-order valence-electron chi connectivity index (χ3n) is 3.51. The molecule has 0 fully saturated rings. The van der Waals surface area contributed by atoms with Gasteiger partial charge in [-0.3, -0.25) is 4.79 Å². The van der Waals surface area contributed by atoms with Crippen LogP contribution in [-0.2, 0) is 0 Å². The van der Waals surface area contributed by atoms with E-state index in [2.05, 4.69) is 15.5 Å². The van der Waals surface area contributed by atoms with Crippen LogP contribution < -0.4 is 5.32 Å². The van der Waals surface area contributed by atoms with Gasteiger partial charge in [-0.15, -0.1) is 10.2 Å². The van der Waals surface area contributed by atoms with Crippen LogP contribution in [0.1, 0.15) is 21.5 Å². The minimum Gasteiger partial charge on any atom is -0.322 e. The number of nitrogens with one attached hydrogen (secondary N) is 1. The van der Waals surface area contributed by atoms with Crippen LogP contribution in [0, 0.1) is 13.8 Å². The first-order valence-electron chi connectivity index (χ1n) is 7.05. The van der Waals surface area contributed by atoms with Gasteiger partial charge in [-0.2, -0.15) is 0 Å². The third kappa shape index (κ3) is 3.78. The molecule has 23 heavy (non-hydrogen) atoms. The van der Waals surface area contributed by atoms with E-state index in [1.165, 1.54) is 11.3 Å². The van der Waals surface area contributed by atoms with Gasteiger partial charge >= 0.3 is 0 Å². The van der Waals surface area contributed by atoms with Crippen molar-refractivity contribution < 1.29 is 4.79 Å². The monoisotopic (exact) mass is 341 g/mol. The second-order valence-electron chi connectivity index (χ2n) is 5.03. The number of anilines is 1. The number of carbonyl (C=O) groups excluding carboxylic acids is 1. The van der Waals surface area contributed by atoms with Crippen molar-refractivity contribution in [2.24, 2.45) is 0 Å². The van der Waals surface area contributed by atoms with Crippen molar-refractivity contribution in [2.75, 3.05) is 5.32 Å². The van der Waals surface area contributed by atoms with E-state index in [0.717, 1.165) is 26.0 Å². The van der Waals surface area contributed by atoms with Crippen molar-refractivity contribution in [1.82, 2.24) is 10.2 Å². The van der Waals surface area contributed by atoms with Crippen LogP contribution in [-0.4, -0.2) is 16.1 Å². The molecule has 0 radical (unpaired) electrons. The molecule has 1 N–H and O–H groups in total. The van der Waals surface area contributed by atoms with Crippen molar-refractivity contribution in [1.29, 1.82) is 0 Å². The van der Waals surface area contributed by atoms with E-state index in [0.29, 0.717) is 5.56 Å². The van der Waals surface area contributed by atoms with E-state index in [-0.39, 0.29) is 5.91 Å². The maximum Gasteiger partial charge on any atom is 0.255 e. The number of aryl methyl sites for hydroxylation is 1. The van der Waals surface area contributed by atoms with Gasteiger partial charge < -0.3 is 5.32 Å². The topological polar surface area (TPSA) is 54.9 Å². The first-order valence-corrected chi connectivity index (χ1v) is 8.75. The van der Waals surface area contributed by atoms with Crippen molar-refractivity contribution in [3.63, 3.8) is 0 Å². The number of hydrogen-bond donors (Lipinski definition) is 1. The lowest BCUT2D eigenvalue weighted by atomic mass is 10.0. The normalized spacial score (nSPS) is 10.5. The number of rotatable bonds is 4. The fourth-order valence-electron chi connectivity index (χ4n) is 2.11. The van der Waals surface area contributed by atoms with Crippen LogP contribution in [0.5, 0.6) is 0 Å². The van der Waals surface area contributed by atoms with Crippen LogP contribution in [0.4, 0.5) is 5.69 Å². The quantitative estimate of drug-likeness (QED) is 0.756. The Morgan fingerprint density at radius 3 is 2.61 bits per heavy atom. The van der Waals surface area contributed by atoms with Crippen molar-refractivity contribution in [2.45, 2.75) is 23.1 Å². The summed E-state index contributed by atoms with van der Waals surface area (Å²) in [5, 5.41) is 10.8. The Kier molecular flexibility index (Phi) is 4.73. The number of carbonyl (C=O) groups is 1. The molecule has 0 unspecified atom stereocenters. The van der Waals surface area contributed by atoms with E-state index in [1.807, 2.05) is 56.3 Å². The summed E-state index contributed by atoms with van der Waals surface area (Å²) in [6.45, 7) is 3.97. The SMILES string of the molecule is Cc1cccc(C(=O)Nc2ccc(Sc3nncs3)cc2)c1C. The van der Waals surface area contributed by atoms with E-state index in [9.17, 15) is 4.79 Å². The van der Waals surface area contributed by atoms with Crippen molar-refractivity contribution in [3.05, 3.63) is 64.7 Å². The maximum absolute atomic E-state index is 12.4. The number of aromatic nitrogens is 2. The van der Waals surface area contributed by atoms with Gasteiger partial charge in [-0.1, -0.05) is 35.2 Å². The molecule has 4 nitrogen and oxygen atoms in total. The zero-order valence-electron chi connectivity index (χ0n) is 12.7. The first kappa shape index (κ1) is 15.7. The molecule has 3 aromatic rings. The number of benzene rings is 2. The lowest BCUT2D eigenvalue weighted by Gasteiger charge is -2.10. The van der Waals surface area contributed by atoms with Gasteiger partial charge in [0, 0.05) is 16.1 Å². The minimum atomic E-state index is -0.0873. The fraction of sp³-hybridized carbons (Fsp3) is 0.118. The van der Waals surface area contributed by atoms with Gasteiger partial charge in [0.25, 0.3) is 5.91 Å². The minimum absolute atomic E-state index is 0.0873.